The molecule has 0 fully saturated rings. The number of hydrogen-bond donors (Lipinski definition) is 0. The summed E-state index contributed by atoms with van der Waals surface area (Å²) < 4.78 is 2.20. The zero-order valence-corrected chi connectivity index (χ0v) is 20.9. The lowest BCUT2D eigenvalue weighted by atomic mass is 10.1. The van der Waals surface area contributed by atoms with E-state index < -0.39 is 0 Å². The lowest BCUT2D eigenvalue weighted by Crippen LogP contribution is -2.07. The molecule has 1 aromatic heterocycles. The van der Waals surface area contributed by atoms with Gasteiger partial charge in [0.25, 0.3) is 0 Å². The summed E-state index contributed by atoms with van der Waals surface area (Å²) in [7, 11) is 0. The summed E-state index contributed by atoms with van der Waals surface area (Å²) in [6.45, 7) is 0. The Kier molecular flexibility index (Phi) is 6.64. The number of fused-ring (bicyclic) bond motifs is 1. The Bertz CT molecular complexity index is 1640. The third-order valence-corrected chi connectivity index (χ3v) is 6.45. The van der Waals surface area contributed by atoms with Crippen LogP contribution in [0.3, 0.4) is 0 Å². The summed E-state index contributed by atoms with van der Waals surface area (Å²) in [6.07, 6.45) is 8.47. The van der Waals surface area contributed by atoms with Crippen LogP contribution in [0.25, 0.3) is 34.9 Å². The van der Waals surface area contributed by atoms with Gasteiger partial charge in [-0.1, -0.05) is 97.1 Å². The third kappa shape index (κ3) is 5.04. The van der Waals surface area contributed by atoms with E-state index in [1.54, 1.807) is 0 Å². The van der Waals surface area contributed by atoms with Gasteiger partial charge in [0.15, 0.2) is 0 Å². The first-order valence-corrected chi connectivity index (χ1v) is 12.7. The molecule has 182 valence electrons. The predicted octanol–water partition coefficient (Wildman–Crippen LogP) is 9.00. The van der Waals surface area contributed by atoms with Crippen LogP contribution in [0.4, 0.5) is 11.4 Å². The Morgan fingerprint density at radius 2 is 1.03 bits per heavy atom. The van der Waals surface area contributed by atoms with Crippen LogP contribution in [0, 0.1) is 0 Å². The number of aromatic nitrogens is 2. The lowest BCUT2D eigenvalue weighted by Gasteiger charge is -2.20. The van der Waals surface area contributed by atoms with Crippen LogP contribution in [0.2, 0.25) is 0 Å². The van der Waals surface area contributed by atoms with Gasteiger partial charge in [0, 0.05) is 23.3 Å². The second-order valence-corrected chi connectivity index (χ2v) is 8.99. The fourth-order valence-electron chi connectivity index (χ4n) is 4.55. The molecule has 0 aliphatic heterocycles. The van der Waals surface area contributed by atoms with Crippen LogP contribution in [0.15, 0.2) is 146 Å². The van der Waals surface area contributed by atoms with E-state index in [2.05, 4.69) is 149 Å². The highest BCUT2D eigenvalue weighted by Crippen LogP contribution is 2.26. The largest absolute Gasteiger partial charge is 0.317 e. The van der Waals surface area contributed by atoms with Gasteiger partial charge in [-0.05, 0) is 71.8 Å². The molecule has 0 unspecified atom stereocenters. The Morgan fingerprint density at radius 3 is 1.66 bits per heavy atom. The number of anilines is 2. The standard InChI is InChI=1S/C35H27N3/c1-4-12-30(13-5-1)37(31-14-6-2-7-15-31)27-26-29-22-20-28(21-23-29)24-25-35-36-33-18-10-11-19-34(33)38(35)32-16-8-3-9-17-32/h1-27H/b25-24+,27-26+. The quantitative estimate of drug-likeness (QED) is 0.223. The molecule has 0 saturated carbocycles. The van der Waals surface area contributed by atoms with Crippen molar-refractivity contribution in [1.82, 2.24) is 9.55 Å². The van der Waals surface area contributed by atoms with Crippen molar-refractivity contribution in [3.63, 3.8) is 0 Å². The molecule has 0 atom stereocenters. The molecular formula is C35H27N3. The maximum atomic E-state index is 4.89. The summed E-state index contributed by atoms with van der Waals surface area (Å²) >= 11 is 0. The Balaban J connectivity index is 1.26. The van der Waals surface area contributed by atoms with Crippen LogP contribution in [-0.4, -0.2) is 9.55 Å². The van der Waals surface area contributed by atoms with E-state index in [4.69, 9.17) is 4.98 Å². The van der Waals surface area contributed by atoms with E-state index in [1.807, 2.05) is 24.3 Å². The SMILES string of the molecule is C(=C\c1nc2ccccc2n1-c1ccccc1)/c1ccc(/C=C/N(c2ccccc2)c2ccccc2)cc1. The molecular weight excluding hydrogens is 462 g/mol. The summed E-state index contributed by atoms with van der Waals surface area (Å²) in [5, 5.41) is 0. The fraction of sp³-hybridized carbons (Fsp3) is 0. The number of para-hydroxylation sites is 5. The topological polar surface area (TPSA) is 21.1 Å². The van der Waals surface area contributed by atoms with Crippen molar-refractivity contribution < 1.29 is 0 Å². The first-order valence-electron chi connectivity index (χ1n) is 12.7. The van der Waals surface area contributed by atoms with Gasteiger partial charge in [0.2, 0.25) is 0 Å². The van der Waals surface area contributed by atoms with Gasteiger partial charge in [-0.15, -0.1) is 0 Å². The third-order valence-electron chi connectivity index (χ3n) is 6.45. The molecule has 3 heteroatoms. The zero-order valence-electron chi connectivity index (χ0n) is 20.9. The van der Waals surface area contributed by atoms with Crippen molar-refractivity contribution in [3.8, 4) is 5.69 Å². The summed E-state index contributed by atoms with van der Waals surface area (Å²) in [6, 6.07) is 48.0. The molecule has 0 spiro atoms. The van der Waals surface area contributed by atoms with E-state index in [0.717, 1.165) is 45.0 Å². The Hall–Kier alpha value is -5.15. The Morgan fingerprint density at radius 1 is 0.500 bits per heavy atom. The molecule has 3 nitrogen and oxygen atoms in total. The monoisotopic (exact) mass is 489 g/mol. The molecule has 0 amide bonds. The number of nitrogens with zero attached hydrogens (tertiary/aromatic N) is 3. The second kappa shape index (κ2) is 10.9. The van der Waals surface area contributed by atoms with Crippen molar-refractivity contribution in [1.29, 1.82) is 0 Å². The predicted molar refractivity (Wildman–Crippen MR) is 160 cm³/mol. The van der Waals surface area contributed by atoms with Crippen molar-refractivity contribution in [2.24, 2.45) is 0 Å². The van der Waals surface area contributed by atoms with E-state index in [0.29, 0.717) is 0 Å². The molecule has 6 rings (SSSR count). The minimum Gasteiger partial charge on any atom is -0.317 e. The van der Waals surface area contributed by atoms with Gasteiger partial charge in [-0.3, -0.25) is 4.57 Å². The van der Waals surface area contributed by atoms with Gasteiger partial charge >= 0.3 is 0 Å². The van der Waals surface area contributed by atoms with Gasteiger partial charge in [-0.25, -0.2) is 4.98 Å². The minimum absolute atomic E-state index is 0.905. The average molecular weight is 490 g/mol. The van der Waals surface area contributed by atoms with Crippen molar-refractivity contribution >= 4 is 40.6 Å². The number of imidazole rings is 1. The number of benzene rings is 5. The molecule has 38 heavy (non-hydrogen) atoms. The first-order chi connectivity index (χ1) is 18.8. The van der Waals surface area contributed by atoms with Crippen molar-refractivity contribution in [2.75, 3.05) is 4.90 Å². The maximum Gasteiger partial charge on any atom is 0.138 e. The van der Waals surface area contributed by atoms with E-state index in [9.17, 15) is 0 Å². The van der Waals surface area contributed by atoms with Crippen molar-refractivity contribution in [3.05, 3.63) is 163 Å². The zero-order chi connectivity index (χ0) is 25.6. The molecule has 0 aliphatic carbocycles. The molecule has 0 aliphatic rings. The Labute approximate surface area is 223 Å². The number of rotatable bonds is 7. The van der Waals surface area contributed by atoms with Gasteiger partial charge in [0.05, 0.1) is 11.0 Å². The molecule has 0 bridgehead atoms. The van der Waals surface area contributed by atoms with Crippen molar-refractivity contribution in [2.45, 2.75) is 0 Å². The highest BCUT2D eigenvalue weighted by molar-refractivity contribution is 5.82. The molecule has 0 radical (unpaired) electrons. The van der Waals surface area contributed by atoms with E-state index in [-0.39, 0.29) is 0 Å². The maximum absolute atomic E-state index is 4.89. The molecule has 1 heterocycles. The van der Waals surface area contributed by atoms with Gasteiger partial charge in [0.1, 0.15) is 5.82 Å². The number of hydrogen-bond acceptors (Lipinski definition) is 2. The van der Waals surface area contributed by atoms with Crippen LogP contribution < -0.4 is 4.90 Å². The van der Waals surface area contributed by atoms with Crippen LogP contribution in [-0.2, 0) is 0 Å². The van der Waals surface area contributed by atoms with E-state index in [1.165, 1.54) is 0 Å². The lowest BCUT2D eigenvalue weighted by molar-refractivity contribution is 1.07. The summed E-state index contributed by atoms with van der Waals surface area (Å²) in [5.74, 6) is 0.905. The molecule has 6 aromatic rings. The molecule has 0 saturated heterocycles. The highest BCUT2D eigenvalue weighted by Gasteiger charge is 2.10. The van der Waals surface area contributed by atoms with Crippen LogP contribution in [0.5, 0.6) is 0 Å². The second-order valence-electron chi connectivity index (χ2n) is 8.99. The first kappa shape index (κ1) is 23.3. The average Bonchev–Trinajstić information content (AvgIpc) is 3.37. The van der Waals surface area contributed by atoms with Crippen LogP contribution in [0.1, 0.15) is 17.0 Å². The normalized spacial score (nSPS) is 11.5. The fourth-order valence-corrected chi connectivity index (χ4v) is 4.55. The smallest absolute Gasteiger partial charge is 0.138 e. The van der Waals surface area contributed by atoms with Crippen LogP contribution >= 0.6 is 0 Å². The molecule has 0 N–H and O–H groups in total. The highest BCUT2D eigenvalue weighted by atomic mass is 15.1. The minimum atomic E-state index is 0.905. The summed E-state index contributed by atoms with van der Waals surface area (Å²) in [5.41, 5.74) is 7.68. The van der Waals surface area contributed by atoms with Gasteiger partial charge in [-0.2, -0.15) is 0 Å². The van der Waals surface area contributed by atoms with Gasteiger partial charge < -0.3 is 4.90 Å². The molecule has 5 aromatic carbocycles. The summed E-state index contributed by atoms with van der Waals surface area (Å²) in [4.78, 5) is 7.08. The van der Waals surface area contributed by atoms with E-state index >= 15 is 0 Å².